The van der Waals surface area contributed by atoms with Crippen LogP contribution in [0.4, 0.5) is 5.82 Å². The van der Waals surface area contributed by atoms with Crippen LogP contribution in [0.15, 0.2) is 23.2 Å². The minimum absolute atomic E-state index is 0.115. The topological polar surface area (TPSA) is 94.8 Å². The van der Waals surface area contributed by atoms with Crippen LogP contribution >= 0.6 is 0 Å². The number of hydrogen-bond donors (Lipinski definition) is 1. The van der Waals surface area contributed by atoms with Gasteiger partial charge in [-0.3, -0.25) is 0 Å². The Morgan fingerprint density at radius 1 is 1.40 bits per heavy atom. The van der Waals surface area contributed by atoms with Crippen molar-refractivity contribution >= 4 is 15.8 Å². The third-order valence-electron chi connectivity index (χ3n) is 2.77. The summed E-state index contributed by atoms with van der Waals surface area (Å²) < 4.78 is 36.6. The SMILES string of the molecule is COCCN(C(C)COC)S(=O)(=O)c1ccnc(N)c1. The lowest BCUT2D eigenvalue weighted by atomic mass is 10.3. The standard InChI is InChI=1S/C12H21N3O4S/c1-10(9-19-3)15(6-7-18-2)20(16,17)11-4-5-14-12(13)8-11/h4-5,8,10H,6-7,9H2,1-3H3,(H2,13,14). The second kappa shape index (κ2) is 7.53. The van der Waals surface area contributed by atoms with Gasteiger partial charge in [0, 0.05) is 39.1 Å². The maximum atomic E-state index is 12.6. The molecule has 0 amide bonds. The Morgan fingerprint density at radius 3 is 2.65 bits per heavy atom. The van der Waals surface area contributed by atoms with Crippen LogP contribution in [-0.2, 0) is 19.5 Å². The van der Waals surface area contributed by atoms with E-state index >= 15 is 0 Å². The molecule has 7 nitrogen and oxygen atoms in total. The highest BCUT2D eigenvalue weighted by atomic mass is 32.2. The molecule has 0 saturated carbocycles. The first-order chi connectivity index (χ1) is 9.43. The van der Waals surface area contributed by atoms with Crippen LogP contribution in [0, 0.1) is 0 Å². The van der Waals surface area contributed by atoms with Crippen molar-refractivity contribution in [3.05, 3.63) is 18.3 Å². The molecule has 1 atom stereocenters. The molecule has 1 aromatic rings. The molecule has 0 aliphatic carbocycles. The number of nitrogens with zero attached hydrogens (tertiary/aromatic N) is 2. The Balaban J connectivity index is 3.09. The molecule has 0 bridgehead atoms. The van der Waals surface area contributed by atoms with Gasteiger partial charge in [-0.05, 0) is 13.0 Å². The van der Waals surface area contributed by atoms with Gasteiger partial charge >= 0.3 is 0 Å². The first-order valence-corrected chi connectivity index (χ1v) is 7.58. The lowest BCUT2D eigenvalue weighted by Gasteiger charge is -2.27. The number of methoxy groups -OCH3 is 2. The van der Waals surface area contributed by atoms with E-state index in [1.54, 1.807) is 6.92 Å². The molecular formula is C12H21N3O4S. The molecule has 0 radical (unpaired) electrons. The summed E-state index contributed by atoms with van der Waals surface area (Å²) in [6.07, 6.45) is 1.37. The maximum absolute atomic E-state index is 12.6. The summed E-state index contributed by atoms with van der Waals surface area (Å²) in [4.78, 5) is 3.92. The van der Waals surface area contributed by atoms with E-state index < -0.39 is 10.0 Å². The first-order valence-electron chi connectivity index (χ1n) is 6.14. The van der Waals surface area contributed by atoms with Crippen LogP contribution in [0.3, 0.4) is 0 Å². The smallest absolute Gasteiger partial charge is 0.243 e. The number of nitrogen functional groups attached to an aromatic ring is 1. The lowest BCUT2D eigenvalue weighted by Crippen LogP contribution is -2.42. The Bertz CT molecular complexity index is 521. The van der Waals surface area contributed by atoms with E-state index in [2.05, 4.69) is 4.98 Å². The summed E-state index contributed by atoms with van der Waals surface area (Å²) in [6.45, 7) is 2.62. The average molecular weight is 303 g/mol. The zero-order valence-corrected chi connectivity index (χ0v) is 12.8. The summed E-state index contributed by atoms with van der Waals surface area (Å²) in [5.74, 6) is 0.164. The van der Waals surface area contributed by atoms with Gasteiger partial charge in [0.25, 0.3) is 0 Å². The number of rotatable bonds is 8. The molecule has 1 heterocycles. The second-order valence-electron chi connectivity index (χ2n) is 4.33. The van der Waals surface area contributed by atoms with Crippen LogP contribution in [0.2, 0.25) is 0 Å². The molecule has 0 fully saturated rings. The molecule has 0 aromatic carbocycles. The Kier molecular flexibility index (Phi) is 6.34. The largest absolute Gasteiger partial charge is 0.384 e. The normalized spacial score (nSPS) is 13.6. The molecule has 2 N–H and O–H groups in total. The quantitative estimate of drug-likeness (QED) is 0.744. The molecule has 0 spiro atoms. The highest BCUT2D eigenvalue weighted by Gasteiger charge is 2.29. The third kappa shape index (κ3) is 4.14. The van der Waals surface area contributed by atoms with Gasteiger partial charge < -0.3 is 15.2 Å². The van der Waals surface area contributed by atoms with Gasteiger partial charge in [0.2, 0.25) is 10.0 Å². The van der Waals surface area contributed by atoms with E-state index in [4.69, 9.17) is 15.2 Å². The van der Waals surface area contributed by atoms with E-state index in [0.29, 0.717) is 13.2 Å². The van der Waals surface area contributed by atoms with Crippen molar-refractivity contribution in [3.8, 4) is 0 Å². The fourth-order valence-electron chi connectivity index (χ4n) is 1.81. The number of nitrogens with two attached hydrogens (primary N) is 1. The number of ether oxygens (including phenoxy) is 2. The van der Waals surface area contributed by atoms with Crippen LogP contribution in [0.1, 0.15) is 6.92 Å². The molecule has 1 unspecified atom stereocenters. The van der Waals surface area contributed by atoms with Crippen LogP contribution in [-0.4, -0.2) is 57.7 Å². The Hall–Kier alpha value is -1.22. The lowest BCUT2D eigenvalue weighted by molar-refractivity contribution is 0.119. The summed E-state index contributed by atoms with van der Waals surface area (Å²) in [6, 6.07) is 2.45. The average Bonchev–Trinajstić information content (AvgIpc) is 2.39. The number of hydrogen-bond acceptors (Lipinski definition) is 6. The van der Waals surface area contributed by atoms with E-state index in [0.717, 1.165) is 0 Å². The van der Waals surface area contributed by atoms with Crippen molar-refractivity contribution < 1.29 is 17.9 Å². The predicted octanol–water partition coefficient (Wildman–Crippen LogP) is 0.336. The molecule has 0 aliphatic rings. The van der Waals surface area contributed by atoms with E-state index in [-0.39, 0.29) is 23.3 Å². The van der Waals surface area contributed by atoms with Gasteiger partial charge in [0.05, 0.1) is 18.1 Å². The molecule has 20 heavy (non-hydrogen) atoms. The fourth-order valence-corrected chi connectivity index (χ4v) is 3.43. The Labute approximate surface area is 119 Å². The maximum Gasteiger partial charge on any atom is 0.243 e. The third-order valence-corrected chi connectivity index (χ3v) is 4.78. The van der Waals surface area contributed by atoms with Crippen molar-refractivity contribution in [1.82, 2.24) is 9.29 Å². The Morgan fingerprint density at radius 2 is 2.10 bits per heavy atom. The van der Waals surface area contributed by atoms with Gasteiger partial charge in [0.15, 0.2) is 0 Å². The number of sulfonamides is 1. The van der Waals surface area contributed by atoms with Crippen LogP contribution in [0.5, 0.6) is 0 Å². The molecule has 8 heteroatoms. The molecule has 1 aromatic heterocycles. The fraction of sp³-hybridized carbons (Fsp3) is 0.583. The van der Waals surface area contributed by atoms with E-state index in [1.165, 1.54) is 36.9 Å². The monoisotopic (exact) mass is 303 g/mol. The summed E-state index contributed by atoms with van der Waals surface area (Å²) in [5.41, 5.74) is 5.55. The van der Waals surface area contributed by atoms with E-state index in [1.807, 2.05) is 0 Å². The minimum Gasteiger partial charge on any atom is -0.384 e. The molecule has 0 aliphatic heterocycles. The van der Waals surface area contributed by atoms with Crippen LogP contribution in [0.25, 0.3) is 0 Å². The van der Waals surface area contributed by atoms with Crippen molar-refractivity contribution in [2.75, 3.05) is 39.7 Å². The second-order valence-corrected chi connectivity index (χ2v) is 6.22. The van der Waals surface area contributed by atoms with E-state index in [9.17, 15) is 8.42 Å². The zero-order valence-electron chi connectivity index (χ0n) is 11.9. The summed E-state index contributed by atoms with van der Waals surface area (Å²) in [7, 11) is -0.610. The highest BCUT2D eigenvalue weighted by Crippen LogP contribution is 2.19. The number of pyridine rings is 1. The molecular weight excluding hydrogens is 282 g/mol. The van der Waals surface area contributed by atoms with Gasteiger partial charge in [-0.25, -0.2) is 13.4 Å². The molecule has 1 rings (SSSR count). The van der Waals surface area contributed by atoms with Crippen molar-refractivity contribution in [3.63, 3.8) is 0 Å². The first kappa shape index (κ1) is 16.8. The number of aromatic nitrogens is 1. The van der Waals surface area contributed by atoms with Crippen LogP contribution < -0.4 is 5.73 Å². The number of anilines is 1. The zero-order chi connectivity index (χ0) is 15.2. The summed E-state index contributed by atoms with van der Waals surface area (Å²) >= 11 is 0. The van der Waals surface area contributed by atoms with Crippen molar-refractivity contribution in [2.24, 2.45) is 0 Å². The predicted molar refractivity (Wildman–Crippen MR) is 75.8 cm³/mol. The molecule has 114 valence electrons. The molecule has 0 saturated heterocycles. The van der Waals surface area contributed by atoms with Gasteiger partial charge in [-0.1, -0.05) is 0 Å². The van der Waals surface area contributed by atoms with Gasteiger partial charge in [-0.2, -0.15) is 4.31 Å². The summed E-state index contributed by atoms with van der Waals surface area (Å²) in [5, 5.41) is 0. The van der Waals surface area contributed by atoms with Crippen molar-refractivity contribution in [1.29, 1.82) is 0 Å². The van der Waals surface area contributed by atoms with Gasteiger partial charge in [-0.15, -0.1) is 0 Å². The minimum atomic E-state index is -3.66. The van der Waals surface area contributed by atoms with Gasteiger partial charge in [0.1, 0.15) is 5.82 Å². The van der Waals surface area contributed by atoms with Crippen molar-refractivity contribution in [2.45, 2.75) is 17.9 Å². The highest BCUT2D eigenvalue weighted by molar-refractivity contribution is 7.89.